The molecule has 8 heteroatoms. The summed E-state index contributed by atoms with van der Waals surface area (Å²) in [6, 6.07) is 7.36. The van der Waals surface area contributed by atoms with Crippen molar-refractivity contribution < 1.29 is 18.0 Å². The molecule has 0 aromatic heterocycles. The van der Waals surface area contributed by atoms with Crippen LogP contribution in [0.2, 0.25) is 0 Å². The molecule has 1 aliphatic rings. The number of carbonyl (C=O) groups is 2. The van der Waals surface area contributed by atoms with Crippen LogP contribution in [-0.2, 0) is 26.0 Å². The van der Waals surface area contributed by atoms with Gasteiger partial charge in [-0.3, -0.25) is 9.59 Å². The zero-order valence-electron chi connectivity index (χ0n) is 14.9. The van der Waals surface area contributed by atoms with Gasteiger partial charge in [0.2, 0.25) is 21.8 Å². The molecule has 2 amide bonds. The Kier molecular flexibility index (Phi) is 6.93. The molecule has 1 heterocycles. The lowest BCUT2D eigenvalue weighted by atomic mass is 10.1. The first-order chi connectivity index (χ1) is 12.3. The highest BCUT2D eigenvalue weighted by Gasteiger charge is 2.26. The van der Waals surface area contributed by atoms with E-state index in [1.54, 1.807) is 17.0 Å². The first-order valence-electron chi connectivity index (χ1n) is 8.51. The van der Waals surface area contributed by atoms with Crippen molar-refractivity contribution in [3.63, 3.8) is 0 Å². The highest BCUT2D eigenvalue weighted by Crippen LogP contribution is 2.18. The number of likely N-dealkylation sites (tertiary alicyclic amines) is 1. The monoisotopic (exact) mass is 379 g/mol. The fourth-order valence-electron chi connectivity index (χ4n) is 2.85. The van der Waals surface area contributed by atoms with E-state index in [1.807, 2.05) is 12.1 Å². The van der Waals surface area contributed by atoms with E-state index in [-0.39, 0.29) is 17.7 Å². The first kappa shape index (κ1) is 20.1. The Balaban J connectivity index is 1.76. The lowest BCUT2D eigenvalue weighted by Crippen LogP contribution is -2.32. The van der Waals surface area contributed by atoms with Gasteiger partial charge in [-0.05, 0) is 42.5 Å². The third-order valence-electron chi connectivity index (χ3n) is 4.31. The summed E-state index contributed by atoms with van der Waals surface area (Å²) in [5.41, 5.74) is 1.70. The predicted octanol–water partition coefficient (Wildman–Crippen LogP) is 1.14. The summed E-state index contributed by atoms with van der Waals surface area (Å²) in [7, 11) is -3.19. The zero-order valence-corrected chi connectivity index (χ0v) is 15.7. The Labute approximate surface area is 154 Å². The third kappa shape index (κ3) is 6.61. The van der Waals surface area contributed by atoms with E-state index in [4.69, 9.17) is 0 Å². The minimum absolute atomic E-state index is 0.0795. The van der Waals surface area contributed by atoms with E-state index in [0.29, 0.717) is 38.2 Å². The molecule has 26 heavy (non-hydrogen) atoms. The van der Waals surface area contributed by atoms with E-state index in [0.717, 1.165) is 18.2 Å². The molecule has 0 bridgehead atoms. The number of amides is 2. The Bertz CT molecular complexity index is 759. The number of benzene rings is 1. The highest BCUT2D eigenvalue weighted by molar-refractivity contribution is 7.88. The number of hydrogen-bond donors (Lipinski definition) is 2. The molecule has 1 saturated heterocycles. The second-order valence-corrected chi connectivity index (χ2v) is 8.34. The fourth-order valence-corrected chi connectivity index (χ4v) is 3.39. The fraction of sp³-hybridized carbons (Fsp3) is 0.444. The number of aryl methyl sites for hydroxylation is 1. The van der Waals surface area contributed by atoms with Crippen molar-refractivity contribution >= 4 is 27.5 Å². The summed E-state index contributed by atoms with van der Waals surface area (Å²) < 4.78 is 24.8. The van der Waals surface area contributed by atoms with Crippen LogP contribution in [0.25, 0.3) is 0 Å². The third-order valence-corrected chi connectivity index (χ3v) is 5.00. The first-order valence-corrected chi connectivity index (χ1v) is 10.4. The van der Waals surface area contributed by atoms with Crippen LogP contribution in [0.3, 0.4) is 0 Å². The van der Waals surface area contributed by atoms with Crippen molar-refractivity contribution in [3.05, 3.63) is 42.5 Å². The summed E-state index contributed by atoms with van der Waals surface area (Å²) in [5.74, 6) is -0.0146. The highest BCUT2D eigenvalue weighted by atomic mass is 32.2. The van der Waals surface area contributed by atoms with E-state index in [2.05, 4.69) is 16.6 Å². The summed E-state index contributed by atoms with van der Waals surface area (Å²) in [5, 5.41) is 2.67. The van der Waals surface area contributed by atoms with Gasteiger partial charge < -0.3 is 10.2 Å². The standard InChI is InChI=1S/C18H25N3O4S/c1-3-17(22)20-16-7-4-14(5-8-16)6-9-18(23)21-11-10-15(13-21)12-19-26(2,24)25/h3-5,7-8,15,19H,1,6,9-13H2,2H3,(H,20,22). The molecule has 0 radical (unpaired) electrons. The van der Waals surface area contributed by atoms with Gasteiger partial charge in [-0.15, -0.1) is 0 Å². The van der Waals surface area contributed by atoms with E-state index in [1.165, 1.54) is 6.08 Å². The summed E-state index contributed by atoms with van der Waals surface area (Å²) in [4.78, 5) is 25.4. The smallest absolute Gasteiger partial charge is 0.247 e. The summed E-state index contributed by atoms with van der Waals surface area (Å²) >= 11 is 0. The van der Waals surface area contributed by atoms with Crippen LogP contribution in [0.5, 0.6) is 0 Å². The molecule has 0 spiro atoms. The SMILES string of the molecule is C=CC(=O)Nc1ccc(CCC(=O)N2CCC(CNS(C)(=O)=O)C2)cc1. The van der Waals surface area contributed by atoms with Gasteiger partial charge in [-0.2, -0.15) is 0 Å². The van der Waals surface area contributed by atoms with Crippen LogP contribution in [-0.4, -0.2) is 51.0 Å². The van der Waals surface area contributed by atoms with Crippen LogP contribution in [0.15, 0.2) is 36.9 Å². The molecule has 142 valence electrons. The molecule has 0 saturated carbocycles. The van der Waals surface area contributed by atoms with Gasteiger partial charge in [0.25, 0.3) is 0 Å². The minimum Gasteiger partial charge on any atom is -0.342 e. The van der Waals surface area contributed by atoms with Crippen molar-refractivity contribution in [1.29, 1.82) is 0 Å². The Morgan fingerprint density at radius 1 is 1.31 bits per heavy atom. The quantitative estimate of drug-likeness (QED) is 0.662. The molecule has 0 aliphatic carbocycles. The molecular weight excluding hydrogens is 354 g/mol. The van der Waals surface area contributed by atoms with Gasteiger partial charge in [0, 0.05) is 31.7 Å². The Morgan fingerprint density at radius 3 is 2.62 bits per heavy atom. The second-order valence-electron chi connectivity index (χ2n) is 6.51. The van der Waals surface area contributed by atoms with Crippen molar-refractivity contribution in [2.75, 3.05) is 31.2 Å². The number of anilines is 1. The van der Waals surface area contributed by atoms with Crippen molar-refractivity contribution in [3.8, 4) is 0 Å². The van der Waals surface area contributed by atoms with Gasteiger partial charge in [-0.25, -0.2) is 13.1 Å². The second kappa shape index (κ2) is 8.95. The number of sulfonamides is 1. The topological polar surface area (TPSA) is 95.6 Å². The van der Waals surface area contributed by atoms with Crippen LogP contribution in [0, 0.1) is 5.92 Å². The Hall–Kier alpha value is -2.19. The summed E-state index contributed by atoms with van der Waals surface area (Å²) in [6.07, 6.45) is 4.19. The van der Waals surface area contributed by atoms with Gasteiger partial charge >= 0.3 is 0 Å². The largest absolute Gasteiger partial charge is 0.342 e. The molecule has 1 atom stereocenters. The zero-order chi connectivity index (χ0) is 19.2. The summed E-state index contributed by atoms with van der Waals surface area (Å²) in [6.45, 7) is 5.04. The number of rotatable bonds is 8. The van der Waals surface area contributed by atoms with E-state index < -0.39 is 10.0 Å². The minimum atomic E-state index is -3.19. The normalized spacial score (nSPS) is 17.1. The maximum atomic E-state index is 12.3. The molecule has 1 aromatic rings. The number of nitrogens with zero attached hydrogens (tertiary/aromatic N) is 1. The lowest BCUT2D eigenvalue weighted by Gasteiger charge is -2.16. The molecule has 1 aromatic carbocycles. The molecular formula is C18H25N3O4S. The van der Waals surface area contributed by atoms with Crippen molar-refractivity contribution in [2.45, 2.75) is 19.3 Å². The number of carbonyl (C=O) groups excluding carboxylic acids is 2. The van der Waals surface area contributed by atoms with Gasteiger partial charge in [-0.1, -0.05) is 18.7 Å². The maximum Gasteiger partial charge on any atom is 0.247 e. The average Bonchev–Trinajstić information content (AvgIpc) is 3.07. The lowest BCUT2D eigenvalue weighted by molar-refractivity contribution is -0.130. The van der Waals surface area contributed by atoms with Crippen molar-refractivity contribution in [2.24, 2.45) is 5.92 Å². The molecule has 1 aliphatic heterocycles. The van der Waals surface area contributed by atoms with Crippen LogP contribution in [0.1, 0.15) is 18.4 Å². The van der Waals surface area contributed by atoms with Crippen LogP contribution in [0.4, 0.5) is 5.69 Å². The van der Waals surface area contributed by atoms with Crippen LogP contribution >= 0.6 is 0 Å². The molecule has 7 nitrogen and oxygen atoms in total. The van der Waals surface area contributed by atoms with E-state index >= 15 is 0 Å². The van der Waals surface area contributed by atoms with E-state index in [9.17, 15) is 18.0 Å². The molecule has 2 N–H and O–H groups in total. The van der Waals surface area contributed by atoms with Crippen molar-refractivity contribution in [1.82, 2.24) is 9.62 Å². The molecule has 1 unspecified atom stereocenters. The van der Waals surface area contributed by atoms with Crippen LogP contribution < -0.4 is 10.0 Å². The Morgan fingerprint density at radius 2 is 2.00 bits per heavy atom. The van der Waals surface area contributed by atoms with Gasteiger partial charge in [0.05, 0.1) is 6.26 Å². The van der Waals surface area contributed by atoms with Gasteiger partial charge in [0.15, 0.2) is 0 Å². The number of nitrogens with one attached hydrogen (secondary N) is 2. The average molecular weight is 379 g/mol. The molecule has 1 fully saturated rings. The molecule has 2 rings (SSSR count). The number of hydrogen-bond acceptors (Lipinski definition) is 4. The van der Waals surface area contributed by atoms with Gasteiger partial charge in [0.1, 0.15) is 0 Å². The predicted molar refractivity (Wildman–Crippen MR) is 101 cm³/mol. The maximum absolute atomic E-state index is 12.3.